The minimum absolute atomic E-state index is 0.00276. The lowest BCUT2D eigenvalue weighted by molar-refractivity contribution is -0.148. The molecule has 1 atom stereocenters. The second kappa shape index (κ2) is 8.87. The van der Waals surface area contributed by atoms with E-state index in [9.17, 15) is 13.2 Å². The normalized spacial score (nSPS) is 12.8. The molecule has 2 aromatic rings. The van der Waals surface area contributed by atoms with Crippen LogP contribution in [0.25, 0.3) is 0 Å². The highest BCUT2D eigenvalue weighted by molar-refractivity contribution is 7.89. The fraction of sp³-hybridized carbons (Fsp3) is 0.350. The fourth-order valence-electron chi connectivity index (χ4n) is 2.52. The molecule has 0 saturated carbocycles. The number of benzene rings is 2. The smallest absolute Gasteiger partial charge is 0.324 e. The van der Waals surface area contributed by atoms with Crippen LogP contribution in [0.2, 0.25) is 5.02 Å². The summed E-state index contributed by atoms with van der Waals surface area (Å²) in [4.78, 5) is 12.6. The average Bonchev–Trinajstić information content (AvgIpc) is 2.60. The number of aryl methyl sites for hydroxylation is 2. The van der Waals surface area contributed by atoms with E-state index in [4.69, 9.17) is 16.3 Å². The van der Waals surface area contributed by atoms with Gasteiger partial charge in [-0.25, -0.2) is 8.42 Å². The van der Waals surface area contributed by atoms with Gasteiger partial charge in [0.2, 0.25) is 10.0 Å². The van der Waals surface area contributed by atoms with Gasteiger partial charge in [0.25, 0.3) is 0 Å². The van der Waals surface area contributed by atoms with E-state index in [1.54, 1.807) is 26.0 Å². The first kappa shape index (κ1) is 21.4. The Morgan fingerprint density at radius 1 is 1.15 bits per heavy atom. The Hall–Kier alpha value is -1.89. The molecule has 2 rings (SSSR count). The molecule has 0 aliphatic rings. The summed E-state index contributed by atoms with van der Waals surface area (Å²) in [5.41, 5.74) is 2.96. The summed E-state index contributed by atoms with van der Waals surface area (Å²) in [5, 5.41) is 0.302. The lowest BCUT2D eigenvalue weighted by atomic mass is 10.1. The van der Waals surface area contributed by atoms with Crippen molar-refractivity contribution < 1.29 is 17.9 Å². The molecule has 0 spiro atoms. The number of ether oxygens (including phenoxy) is 1. The molecule has 0 heterocycles. The Morgan fingerprint density at radius 3 is 2.48 bits per heavy atom. The second-order valence-corrected chi connectivity index (χ2v) is 8.99. The van der Waals surface area contributed by atoms with Crippen LogP contribution in [0.5, 0.6) is 0 Å². The van der Waals surface area contributed by atoms with Crippen LogP contribution >= 0.6 is 11.6 Å². The number of rotatable bonds is 7. The van der Waals surface area contributed by atoms with Gasteiger partial charge < -0.3 is 4.74 Å². The lowest BCUT2D eigenvalue weighted by Gasteiger charge is -2.21. The summed E-state index contributed by atoms with van der Waals surface area (Å²) >= 11 is 5.87. The maximum atomic E-state index is 12.6. The molecule has 0 fully saturated rings. The highest BCUT2D eigenvalue weighted by Crippen LogP contribution is 2.18. The highest BCUT2D eigenvalue weighted by atomic mass is 35.5. The Labute approximate surface area is 165 Å². The maximum Gasteiger partial charge on any atom is 0.324 e. The zero-order chi connectivity index (χ0) is 20.2. The molecule has 7 heteroatoms. The Balaban J connectivity index is 2.14. The van der Waals surface area contributed by atoms with Gasteiger partial charge in [-0.2, -0.15) is 4.72 Å². The molecule has 5 nitrogen and oxygen atoms in total. The van der Waals surface area contributed by atoms with E-state index in [2.05, 4.69) is 4.72 Å². The summed E-state index contributed by atoms with van der Waals surface area (Å²) in [6, 6.07) is 10.8. The van der Waals surface area contributed by atoms with E-state index in [0.29, 0.717) is 5.02 Å². The largest absolute Gasteiger partial charge is 0.460 e. The van der Waals surface area contributed by atoms with Crippen LogP contribution in [0.1, 0.15) is 30.5 Å². The van der Waals surface area contributed by atoms with Crippen molar-refractivity contribution in [1.82, 2.24) is 4.72 Å². The minimum atomic E-state index is -3.91. The SMILES string of the molecule is Cc1ccc(C)c(COC(=O)[C@@H](NS(=O)(=O)c2cccc(Cl)c2)C(C)C)c1. The maximum absolute atomic E-state index is 12.6. The molecule has 0 saturated heterocycles. The molecule has 146 valence electrons. The number of nitrogens with one attached hydrogen (secondary N) is 1. The van der Waals surface area contributed by atoms with E-state index in [-0.39, 0.29) is 17.4 Å². The molecule has 0 aliphatic heterocycles. The summed E-state index contributed by atoms with van der Waals surface area (Å²) in [7, 11) is -3.91. The molecule has 2 aromatic carbocycles. The van der Waals surface area contributed by atoms with Crippen LogP contribution in [-0.2, 0) is 26.2 Å². The minimum Gasteiger partial charge on any atom is -0.460 e. The number of carbonyl (C=O) groups excluding carboxylic acids is 1. The number of halogens is 1. The van der Waals surface area contributed by atoms with E-state index < -0.39 is 22.0 Å². The summed E-state index contributed by atoms with van der Waals surface area (Å²) < 4.78 is 33.0. The lowest BCUT2D eigenvalue weighted by Crippen LogP contribution is -2.45. The van der Waals surface area contributed by atoms with E-state index in [0.717, 1.165) is 16.7 Å². The zero-order valence-electron chi connectivity index (χ0n) is 15.8. The predicted molar refractivity (Wildman–Crippen MR) is 106 cm³/mol. The summed E-state index contributed by atoms with van der Waals surface area (Å²) in [5.74, 6) is -0.901. The topological polar surface area (TPSA) is 72.5 Å². The standard InChI is InChI=1S/C20H24ClNO4S/c1-13(2)19(22-27(24,25)18-7-5-6-17(21)11-18)20(23)26-12-16-10-14(3)8-9-15(16)4/h5-11,13,19,22H,12H2,1-4H3/t19-/m0/s1. The van der Waals surface area contributed by atoms with Crippen molar-refractivity contribution in [3.63, 3.8) is 0 Å². The second-order valence-electron chi connectivity index (χ2n) is 6.84. The van der Waals surface area contributed by atoms with Crippen molar-refractivity contribution in [1.29, 1.82) is 0 Å². The van der Waals surface area contributed by atoms with Crippen LogP contribution in [0, 0.1) is 19.8 Å². The zero-order valence-corrected chi connectivity index (χ0v) is 17.4. The summed E-state index contributed by atoms with van der Waals surface area (Å²) in [6.45, 7) is 7.49. The molecule has 0 bridgehead atoms. The van der Waals surface area contributed by atoms with Crippen molar-refractivity contribution in [3.05, 3.63) is 64.2 Å². The molecule has 0 aliphatic carbocycles. The van der Waals surface area contributed by atoms with Crippen molar-refractivity contribution in [3.8, 4) is 0 Å². The van der Waals surface area contributed by atoms with Crippen LogP contribution in [-0.4, -0.2) is 20.4 Å². The van der Waals surface area contributed by atoms with E-state index in [1.807, 2.05) is 32.0 Å². The van der Waals surface area contributed by atoms with Gasteiger partial charge in [0.05, 0.1) is 4.90 Å². The Bertz CT molecular complexity index is 925. The predicted octanol–water partition coefficient (Wildman–Crippen LogP) is 4.00. The first-order valence-corrected chi connectivity index (χ1v) is 10.5. The molecular weight excluding hydrogens is 386 g/mol. The van der Waals surface area contributed by atoms with Crippen molar-refractivity contribution in [2.75, 3.05) is 0 Å². The Kier molecular flexibility index (Phi) is 7.03. The summed E-state index contributed by atoms with van der Waals surface area (Å²) in [6.07, 6.45) is 0. The van der Waals surface area contributed by atoms with Crippen molar-refractivity contribution in [2.24, 2.45) is 5.92 Å². The van der Waals surface area contributed by atoms with Crippen molar-refractivity contribution in [2.45, 2.75) is 45.2 Å². The molecule has 0 unspecified atom stereocenters. The van der Waals surface area contributed by atoms with Crippen molar-refractivity contribution >= 4 is 27.6 Å². The Morgan fingerprint density at radius 2 is 1.85 bits per heavy atom. The van der Waals surface area contributed by atoms with Crippen LogP contribution in [0.15, 0.2) is 47.4 Å². The number of hydrogen-bond acceptors (Lipinski definition) is 4. The van der Waals surface area contributed by atoms with Gasteiger partial charge in [0.15, 0.2) is 0 Å². The number of sulfonamides is 1. The molecular formula is C20H24ClNO4S. The van der Waals surface area contributed by atoms with Gasteiger partial charge in [-0.3, -0.25) is 4.79 Å². The highest BCUT2D eigenvalue weighted by Gasteiger charge is 2.29. The van der Waals surface area contributed by atoms with Gasteiger partial charge in [-0.05, 0) is 49.1 Å². The first-order chi connectivity index (χ1) is 12.6. The van der Waals surface area contributed by atoms with Crippen LogP contribution in [0.3, 0.4) is 0 Å². The van der Waals surface area contributed by atoms with Gasteiger partial charge in [0.1, 0.15) is 12.6 Å². The molecule has 0 amide bonds. The number of hydrogen-bond donors (Lipinski definition) is 1. The van der Waals surface area contributed by atoms with Gasteiger partial charge in [-0.15, -0.1) is 0 Å². The monoisotopic (exact) mass is 409 g/mol. The molecule has 27 heavy (non-hydrogen) atoms. The molecule has 0 aromatic heterocycles. The van der Waals surface area contributed by atoms with E-state index in [1.165, 1.54) is 12.1 Å². The molecule has 0 radical (unpaired) electrons. The fourth-order valence-corrected chi connectivity index (χ4v) is 4.15. The number of esters is 1. The molecule has 1 N–H and O–H groups in total. The van der Waals surface area contributed by atoms with Gasteiger partial charge in [-0.1, -0.05) is 55.3 Å². The average molecular weight is 410 g/mol. The van der Waals surface area contributed by atoms with Crippen LogP contribution in [0.4, 0.5) is 0 Å². The third-order valence-electron chi connectivity index (χ3n) is 4.18. The van der Waals surface area contributed by atoms with E-state index >= 15 is 0 Å². The third-order valence-corrected chi connectivity index (χ3v) is 5.86. The number of carbonyl (C=O) groups is 1. The first-order valence-electron chi connectivity index (χ1n) is 8.61. The van der Waals surface area contributed by atoms with Gasteiger partial charge in [0, 0.05) is 5.02 Å². The van der Waals surface area contributed by atoms with Crippen LogP contribution < -0.4 is 4.72 Å². The quantitative estimate of drug-likeness (QED) is 0.701. The van der Waals surface area contributed by atoms with Gasteiger partial charge >= 0.3 is 5.97 Å². The third kappa shape index (κ3) is 5.79.